The van der Waals surface area contributed by atoms with Crippen LogP contribution in [0.25, 0.3) is 0 Å². The second-order valence-corrected chi connectivity index (χ2v) is 5.95. The lowest BCUT2D eigenvalue weighted by Crippen LogP contribution is -2.44. The molecule has 0 amide bonds. The van der Waals surface area contributed by atoms with Crippen molar-refractivity contribution in [2.24, 2.45) is 0 Å². The molecule has 0 heterocycles. The second kappa shape index (κ2) is 11.6. The van der Waals surface area contributed by atoms with Crippen molar-refractivity contribution < 1.29 is 13.9 Å². The number of hydrogen-bond acceptors (Lipinski definition) is 4. The molecular weight excluding hydrogens is 282 g/mol. The molecule has 0 fully saturated rings. The topological polar surface area (TPSA) is 30.9 Å². The summed E-state index contributed by atoms with van der Waals surface area (Å²) in [5.41, 5.74) is 0.0849. The normalized spacial score (nSPS) is 15.6. The van der Waals surface area contributed by atoms with E-state index in [9.17, 15) is 0 Å². The van der Waals surface area contributed by atoms with Crippen molar-refractivity contribution in [3.05, 3.63) is 0 Å². The Morgan fingerprint density at radius 1 is 0.952 bits per heavy atom. The lowest BCUT2D eigenvalue weighted by atomic mass is 9.92. The van der Waals surface area contributed by atoms with Crippen LogP contribution in [-0.2, 0) is 13.9 Å². The van der Waals surface area contributed by atoms with E-state index in [1.165, 1.54) is 0 Å². The minimum absolute atomic E-state index is 0.0849. The molecule has 21 heavy (non-hydrogen) atoms. The van der Waals surface area contributed by atoms with Crippen LogP contribution in [0.2, 0.25) is 0 Å². The molecule has 0 aromatic carbocycles. The predicted octanol–water partition coefficient (Wildman–Crippen LogP) is 2.69. The molecule has 0 N–H and O–H groups in total. The van der Waals surface area contributed by atoms with Gasteiger partial charge in [-0.05, 0) is 53.4 Å². The van der Waals surface area contributed by atoms with E-state index in [1.54, 1.807) is 0 Å². The van der Waals surface area contributed by atoms with Gasteiger partial charge in [0.2, 0.25) is 0 Å². The number of nitrogens with zero attached hydrogens (tertiary/aromatic N) is 1. The molecule has 0 spiro atoms. The average molecular weight is 320 g/mol. The van der Waals surface area contributed by atoms with Crippen LogP contribution < -0.4 is 0 Å². The van der Waals surface area contributed by atoms with E-state index in [-0.39, 0.29) is 18.1 Å². The maximum absolute atomic E-state index is 5.89. The van der Waals surface area contributed by atoms with Gasteiger partial charge in [0.15, 0.2) is 0 Å². The van der Waals surface area contributed by atoms with Crippen LogP contribution in [0.1, 0.15) is 67.2 Å². The molecule has 4 nitrogen and oxygen atoms in total. The Morgan fingerprint density at radius 3 is 1.76 bits per heavy atom. The van der Waals surface area contributed by atoms with Crippen LogP contribution in [0.4, 0.5) is 0 Å². The predicted molar refractivity (Wildman–Crippen MR) is 92.5 cm³/mol. The Hall–Kier alpha value is 0.0569. The van der Waals surface area contributed by atoms with Crippen LogP contribution in [0.5, 0.6) is 0 Å². The van der Waals surface area contributed by atoms with Crippen molar-refractivity contribution in [1.29, 1.82) is 0 Å². The largest absolute Gasteiger partial charge is 0.422 e. The third-order valence-electron chi connectivity index (χ3n) is 4.52. The summed E-state index contributed by atoms with van der Waals surface area (Å²) < 4.78 is 17.4. The summed E-state index contributed by atoms with van der Waals surface area (Å²) in [6.45, 7) is 15.2. The Bertz CT molecular complexity index is 229. The molecule has 2 atom stereocenters. The summed E-state index contributed by atoms with van der Waals surface area (Å²) >= 11 is 0. The molecule has 0 aliphatic rings. The van der Waals surface area contributed by atoms with Crippen molar-refractivity contribution in [3.63, 3.8) is 0 Å². The van der Waals surface area contributed by atoms with Gasteiger partial charge in [-0.15, -0.1) is 0 Å². The smallest absolute Gasteiger partial charge is 0.146 e. The lowest BCUT2D eigenvalue weighted by molar-refractivity contribution is -0.138. The Labute approximate surface area is 135 Å². The van der Waals surface area contributed by atoms with Gasteiger partial charge in [0, 0.05) is 19.8 Å². The van der Waals surface area contributed by atoms with Gasteiger partial charge >= 0.3 is 0 Å². The summed E-state index contributed by atoms with van der Waals surface area (Å²) in [7, 11) is 0.811. The highest BCUT2D eigenvalue weighted by Crippen LogP contribution is 2.25. The van der Waals surface area contributed by atoms with Crippen molar-refractivity contribution in [3.8, 4) is 0 Å². The fourth-order valence-electron chi connectivity index (χ4n) is 2.91. The molecule has 0 radical (unpaired) electrons. The van der Waals surface area contributed by atoms with Crippen LogP contribution in [-0.4, -0.2) is 53.2 Å². The van der Waals surface area contributed by atoms with Gasteiger partial charge in [-0.25, -0.2) is 0 Å². The van der Waals surface area contributed by atoms with Crippen molar-refractivity contribution in [2.75, 3.05) is 19.8 Å². The third kappa shape index (κ3) is 7.24. The van der Waals surface area contributed by atoms with Crippen LogP contribution >= 0.6 is 0 Å². The zero-order chi connectivity index (χ0) is 16.3. The van der Waals surface area contributed by atoms with E-state index in [2.05, 4.69) is 32.6 Å². The number of rotatable bonds is 13. The zero-order valence-electron chi connectivity index (χ0n) is 15.3. The lowest BCUT2D eigenvalue weighted by Gasteiger charge is -2.36. The fourth-order valence-corrected chi connectivity index (χ4v) is 3.69. The molecule has 128 valence electrons. The first-order valence-electron chi connectivity index (χ1n) is 8.54. The summed E-state index contributed by atoms with van der Waals surface area (Å²) in [5, 5.41) is 0. The highest BCUT2D eigenvalue weighted by Gasteiger charge is 2.26. The zero-order valence-corrected chi connectivity index (χ0v) is 17.3. The van der Waals surface area contributed by atoms with E-state index < -0.39 is 0 Å². The van der Waals surface area contributed by atoms with Crippen molar-refractivity contribution >= 4 is 10.5 Å². The maximum atomic E-state index is 5.89. The Balaban J connectivity index is 4.53. The first-order chi connectivity index (χ1) is 10.00. The van der Waals surface area contributed by atoms with Gasteiger partial charge in [-0.1, -0.05) is 13.8 Å². The highest BCUT2D eigenvalue weighted by atomic mass is 28.2. The van der Waals surface area contributed by atoms with E-state index in [1.807, 2.05) is 13.8 Å². The molecule has 0 aromatic rings. The molecule has 0 aromatic heterocycles. The number of hydrogen-bond donors (Lipinski definition) is 0. The first-order valence-corrected chi connectivity index (χ1v) is 9.35. The summed E-state index contributed by atoms with van der Waals surface area (Å²) in [5.74, 6) is 0. The van der Waals surface area contributed by atoms with E-state index in [0.29, 0.717) is 0 Å². The monoisotopic (exact) mass is 319 g/mol. The maximum Gasteiger partial charge on any atom is 0.146 e. The third-order valence-corrected chi connectivity index (χ3v) is 5.39. The van der Waals surface area contributed by atoms with Gasteiger partial charge in [-0.2, -0.15) is 0 Å². The fraction of sp³-hybridized carbons (Fsp3) is 1.00. The molecule has 0 saturated heterocycles. The van der Waals surface area contributed by atoms with Gasteiger partial charge < -0.3 is 13.9 Å². The number of ether oxygens (including phenoxy) is 2. The SMILES string of the molecule is CCOC(C)N(CCCC(CC)(CC)O[SiH3])C(C)OCC. The van der Waals surface area contributed by atoms with Crippen molar-refractivity contribution in [2.45, 2.75) is 85.3 Å². The molecule has 0 saturated carbocycles. The van der Waals surface area contributed by atoms with Crippen molar-refractivity contribution in [1.82, 2.24) is 4.90 Å². The first kappa shape index (κ1) is 21.1. The Morgan fingerprint density at radius 2 is 1.43 bits per heavy atom. The molecule has 0 aliphatic carbocycles. The Kier molecular flexibility index (Phi) is 11.6. The van der Waals surface area contributed by atoms with E-state index in [4.69, 9.17) is 13.9 Å². The second-order valence-electron chi connectivity index (χ2n) is 5.54. The van der Waals surface area contributed by atoms with Gasteiger partial charge in [0.1, 0.15) is 22.9 Å². The molecule has 0 rings (SSSR count). The molecule has 5 heteroatoms. The summed E-state index contributed by atoms with van der Waals surface area (Å²) in [6, 6.07) is 0. The molecular formula is C16H37NO3Si. The van der Waals surface area contributed by atoms with E-state index >= 15 is 0 Å². The van der Waals surface area contributed by atoms with Crippen LogP contribution in [0.15, 0.2) is 0 Å². The summed E-state index contributed by atoms with van der Waals surface area (Å²) in [4.78, 5) is 2.30. The van der Waals surface area contributed by atoms with E-state index in [0.717, 1.165) is 55.9 Å². The van der Waals surface area contributed by atoms with Crippen LogP contribution in [0, 0.1) is 0 Å². The standard InChI is InChI=1S/C16H37NO3Si/c1-7-16(8-2,20-21)12-11-13-17(14(5)18-9-3)15(6)19-10-4/h14-15H,7-13H2,1-6,21H3. The summed E-state index contributed by atoms with van der Waals surface area (Å²) in [6.07, 6.45) is 4.58. The highest BCUT2D eigenvalue weighted by molar-refractivity contribution is 5.98. The average Bonchev–Trinajstić information content (AvgIpc) is 2.48. The quantitative estimate of drug-likeness (QED) is 0.386. The van der Waals surface area contributed by atoms with Gasteiger partial charge in [0.05, 0.1) is 5.60 Å². The minimum atomic E-state index is 0.0849. The van der Waals surface area contributed by atoms with Gasteiger partial charge in [0.25, 0.3) is 0 Å². The molecule has 2 unspecified atom stereocenters. The minimum Gasteiger partial charge on any atom is -0.422 e. The molecule has 0 aliphatic heterocycles. The van der Waals surface area contributed by atoms with Gasteiger partial charge in [-0.3, -0.25) is 4.90 Å². The molecule has 0 bridgehead atoms. The van der Waals surface area contributed by atoms with Crippen LogP contribution in [0.3, 0.4) is 0 Å².